The van der Waals surface area contributed by atoms with E-state index in [0.29, 0.717) is 6.61 Å². The second kappa shape index (κ2) is 7.87. The molecule has 7 heteroatoms. The summed E-state index contributed by atoms with van der Waals surface area (Å²) in [4.78, 5) is 12.3. The Labute approximate surface area is 161 Å². The molecule has 0 unspecified atom stereocenters. The molecule has 28 heavy (non-hydrogen) atoms. The summed E-state index contributed by atoms with van der Waals surface area (Å²) in [6.07, 6.45) is 1.62. The Morgan fingerprint density at radius 3 is 2.86 bits per heavy atom. The van der Waals surface area contributed by atoms with Crippen LogP contribution in [0.25, 0.3) is 21.8 Å². The third-order valence-electron chi connectivity index (χ3n) is 4.33. The molecule has 0 bridgehead atoms. The summed E-state index contributed by atoms with van der Waals surface area (Å²) < 4.78 is 7.26. The first-order chi connectivity index (χ1) is 13.8. The third-order valence-corrected chi connectivity index (χ3v) is 4.33. The maximum atomic E-state index is 12.3. The van der Waals surface area contributed by atoms with Gasteiger partial charge in [0.2, 0.25) is 0 Å². The highest BCUT2D eigenvalue weighted by Crippen LogP contribution is 2.26. The van der Waals surface area contributed by atoms with E-state index in [0.717, 1.165) is 33.1 Å². The number of nitrogens with zero attached hydrogens (tertiary/aromatic N) is 4. The van der Waals surface area contributed by atoms with Crippen molar-refractivity contribution in [3.8, 4) is 5.75 Å². The van der Waals surface area contributed by atoms with Crippen LogP contribution in [0, 0.1) is 0 Å². The van der Waals surface area contributed by atoms with Gasteiger partial charge in [-0.3, -0.25) is 4.79 Å². The van der Waals surface area contributed by atoms with E-state index in [2.05, 4.69) is 20.8 Å². The second-order valence-corrected chi connectivity index (χ2v) is 6.16. The Kier molecular flexibility index (Phi) is 4.97. The van der Waals surface area contributed by atoms with E-state index in [1.807, 2.05) is 67.6 Å². The number of para-hydroxylation sites is 1. The van der Waals surface area contributed by atoms with Gasteiger partial charge in [-0.1, -0.05) is 47.7 Å². The predicted octanol–water partition coefficient (Wildman–Crippen LogP) is 3.13. The van der Waals surface area contributed by atoms with Gasteiger partial charge in [-0.15, -0.1) is 5.10 Å². The molecule has 4 rings (SSSR count). The summed E-state index contributed by atoms with van der Waals surface area (Å²) in [5.41, 5.74) is 4.93. The molecule has 7 nitrogen and oxygen atoms in total. The van der Waals surface area contributed by atoms with E-state index < -0.39 is 0 Å². The van der Waals surface area contributed by atoms with Crippen molar-refractivity contribution in [2.24, 2.45) is 5.10 Å². The number of carbonyl (C=O) groups excluding carboxylic acids is 1. The van der Waals surface area contributed by atoms with E-state index in [-0.39, 0.29) is 12.5 Å². The smallest absolute Gasteiger partial charge is 0.261 e. The summed E-state index contributed by atoms with van der Waals surface area (Å²) in [6.45, 7) is 2.51. The molecule has 0 aliphatic heterocycles. The summed E-state index contributed by atoms with van der Waals surface area (Å²) in [7, 11) is 0. The van der Waals surface area contributed by atoms with Crippen LogP contribution < -0.4 is 10.2 Å². The van der Waals surface area contributed by atoms with Crippen molar-refractivity contribution in [1.29, 1.82) is 0 Å². The Bertz CT molecular complexity index is 1170. The molecule has 0 fully saturated rings. The summed E-state index contributed by atoms with van der Waals surface area (Å²) in [6, 6.07) is 19.4. The lowest BCUT2D eigenvalue weighted by Crippen LogP contribution is -2.23. The van der Waals surface area contributed by atoms with Crippen molar-refractivity contribution in [3.63, 3.8) is 0 Å². The largest absolute Gasteiger partial charge is 0.493 e. The fraction of sp³-hybridized carbons (Fsp3) is 0.143. The van der Waals surface area contributed by atoms with E-state index in [1.165, 1.54) is 0 Å². The average molecular weight is 373 g/mol. The molecule has 1 aromatic heterocycles. The van der Waals surface area contributed by atoms with Gasteiger partial charge in [0.05, 0.1) is 18.3 Å². The van der Waals surface area contributed by atoms with Crippen molar-refractivity contribution in [2.75, 3.05) is 6.61 Å². The molecule has 4 aromatic rings. The topological polar surface area (TPSA) is 81.4 Å². The van der Waals surface area contributed by atoms with Crippen LogP contribution in [0.2, 0.25) is 0 Å². The average Bonchev–Trinajstić information content (AvgIpc) is 3.12. The number of aromatic nitrogens is 3. The standard InChI is InChI=1S/C21H19N5O2/c1-2-28-20-12-11-15-7-3-4-8-16(15)17(20)13-22-24-21(27)14-26-19-10-6-5-9-18(19)23-25-26/h3-13H,2,14H2,1H3,(H,24,27)/b22-13+. The van der Waals surface area contributed by atoms with Gasteiger partial charge in [0.1, 0.15) is 17.8 Å². The lowest BCUT2D eigenvalue weighted by molar-refractivity contribution is -0.121. The minimum atomic E-state index is -0.287. The monoisotopic (exact) mass is 373 g/mol. The van der Waals surface area contributed by atoms with Crippen molar-refractivity contribution in [3.05, 3.63) is 66.2 Å². The van der Waals surface area contributed by atoms with Crippen LogP contribution in [-0.2, 0) is 11.3 Å². The molecule has 0 saturated heterocycles. The highest BCUT2D eigenvalue weighted by molar-refractivity contribution is 6.02. The van der Waals surface area contributed by atoms with Gasteiger partial charge in [-0.2, -0.15) is 5.10 Å². The lowest BCUT2D eigenvalue weighted by Gasteiger charge is -2.10. The second-order valence-electron chi connectivity index (χ2n) is 6.16. The van der Waals surface area contributed by atoms with Crippen LogP contribution in [0.3, 0.4) is 0 Å². The minimum absolute atomic E-state index is 0.0334. The van der Waals surface area contributed by atoms with Crippen LogP contribution in [-0.4, -0.2) is 33.7 Å². The molecule has 140 valence electrons. The molecule has 1 amide bonds. The Morgan fingerprint density at radius 1 is 1.14 bits per heavy atom. The minimum Gasteiger partial charge on any atom is -0.493 e. The van der Waals surface area contributed by atoms with Gasteiger partial charge in [-0.05, 0) is 35.9 Å². The van der Waals surface area contributed by atoms with E-state index in [4.69, 9.17) is 4.74 Å². The van der Waals surface area contributed by atoms with Crippen LogP contribution in [0.5, 0.6) is 5.75 Å². The molecule has 1 heterocycles. The highest BCUT2D eigenvalue weighted by atomic mass is 16.5. The van der Waals surface area contributed by atoms with Gasteiger partial charge in [0.15, 0.2) is 0 Å². The third kappa shape index (κ3) is 3.55. The number of hydrogen-bond donors (Lipinski definition) is 1. The fourth-order valence-corrected chi connectivity index (χ4v) is 3.06. The van der Waals surface area contributed by atoms with E-state index >= 15 is 0 Å². The number of hydrogen-bond acceptors (Lipinski definition) is 5. The molecule has 3 aromatic carbocycles. The molecule has 0 saturated carbocycles. The van der Waals surface area contributed by atoms with Gasteiger partial charge in [0.25, 0.3) is 5.91 Å². The van der Waals surface area contributed by atoms with Gasteiger partial charge < -0.3 is 4.74 Å². The highest BCUT2D eigenvalue weighted by Gasteiger charge is 2.09. The Morgan fingerprint density at radius 2 is 1.96 bits per heavy atom. The summed E-state index contributed by atoms with van der Waals surface area (Å²) in [5, 5.41) is 14.3. The van der Waals surface area contributed by atoms with Gasteiger partial charge in [0, 0.05) is 5.56 Å². The van der Waals surface area contributed by atoms with Crippen LogP contribution in [0.4, 0.5) is 0 Å². The van der Waals surface area contributed by atoms with Gasteiger partial charge >= 0.3 is 0 Å². The Hall–Kier alpha value is -3.74. The number of amides is 1. The first kappa shape index (κ1) is 17.7. The van der Waals surface area contributed by atoms with Crippen LogP contribution in [0.15, 0.2) is 65.8 Å². The van der Waals surface area contributed by atoms with Crippen LogP contribution >= 0.6 is 0 Å². The van der Waals surface area contributed by atoms with Crippen LogP contribution in [0.1, 0.15) is 12.5 Å². The molecular weight excluding hydrogens is 354 g/mol. The zero-order valence-corrected chi connectivity index (χ0v) is 15.4. The number of benzene rings is 3. The maximum absolute atomic E-state index is 12.3. The SMILES string of the molecule is CCOc1ccc2ccccc2c1/C=N/NC(=O)Cn1nnc2ccccc21. The predicted molar refractivity (Wildman–Crippen MR) is 108 cm³/mol. The molecule has 0 spiro atoms. The summed E-state index contributed by atoms with van der Waals surface area (Å²) >= 11 is 0. The molecule has 0 aliphatic rings. The van der Waals surface area contributed by atoms with E-state index in [9.17, 15) is 4.79 Å². The number of carbonyl (C=O) groups is 1. The normalized spacial score (nSPS) is 11.3. The van der Waals surface area contributed by atoms with Crippen molar-refractivity contribution in [2.45, 2.75) is 13.5 Å². The Balaban J connectivity index is 1.53. The number of hydrazone groups is 1. The number of ether oxygens (including phenoxy) is 1. The quantitative estimate of drug-likeness (QED) is 0.416. The van der Waals surface area contributed by atoms with Crippen molar-refractivity contribution in [1.82, 2.24) is 20.4 Å². The fourth-order valence-electron chi connectivity index (χ4n) is 3.06. The molecule has 0 atom stereocenters. The zero-order valence-electron chi connectivity index (χ0n) is 15.4. The number of fused-ring (bicyclic) bond motifs is 2. The lowest BCUT2D eigenvalue weighted by atomic mass is 10.0. The molecule has 1 N–H and O–H groups in total. The molecule has 0 aliphatic carbocycles. The summed E-state index contributed by atoms with van der Waals surface area (Å²) in [5.74, 6) is 0.437. The number of rotatable bonds is 6. The van der Waals surface area contributed by atoms with Gasteiger partial charge in [-0.25, -0.2) is 10.1 Å². The van der Waals surface area contributed by atoms with Crippen molar-refractivity contribution < 1.29 is 9.53 Å². The van der Waals surface area contributed by atoms with Crippen molar-refractivity contribution >= 4 is 33.9 Å². The zero-order chi connectivity index (χ0) is 19.3. The number of nitrogens with one attached hydrogen (secondary N) is 1. The first-order valence-corrected chi connectivity index (χ1v) is 9.01. The molecule has 0 radical (unpaired) electrons. The maximum Gasteiger partial charge on any atom is 0.261 e. The molecular formula is C21H19N5O2. The first-order valence-electron chi connectivity index (χ1n) is 9.01. The van der Waals surface area contributed by atoms with E-state index in [1.54, 1.807) is 10.9 Å².